The molecule has 1 aromatic rings. The van der Waals surface area contributed by atoms with Crippen molar-refractivity contribution in [2.24, 2.45) is 4.99 Å². The fourth-order valence-electron chi connectivity index (χ4n) is 3.96. The van der Waals surface area contributed by atoms with Gasteiger partial charge in [0.15, 0.2) is 0 Å². The lowest BCUT2D eigenvalue weighted by atomic mass is 9.98. The summed E-state index contributed by atoms with van der Waals surface area (Å²) in [5.74, 6) is 1.86. The summed E-state index contributed by atoms with van der Waals surface area (Å²) in [6.45, 7) is 8.14. The van der Waals surface area contributed by atoms with Crippen LogP contribution in [0.4, 0.5) is 5.69 Å². The topological polar surface area (TPSA) is 41.0 Å². The second-order valence-electron chi connectivity index (χ2n) is 6.73. The van der Waals surface area contributed by atoms with Crippen molar-refractivity contribution in [1.82, 2.24) is 14.8 Å². The van der Waals surface area contributed by atoms with Crippen LogP contribution < -0.4 is 4.74 Å². The highest BCUT2D eigenvalue weighted by Crippen LogP contribution is 2.46. The van der Waals surface area contributed by atoms with Crippen LogP contribution in [0.2, 0.25) is 0 Å². The van der Waals surface area contributed by atoms with Crippen LogP contribution in [0.1, 0.15) is 49.2 Å². The van der Waals surface area contributed by atoms with Crippen molar-refractivity contribution in [2.75, 3.05) is 20.2 Å². The summed E-state index contributed by atoms with van der Waals surface area (Å²) >= 11 is 0. The van der Waals surface area contributed by atoms with Crippen molar-refractivity contribution in [3.63, 3.8) is 0 Å². The van der Waals surface area contributed by atoms with Gasteiger partial charge in [0, 0.05) is 25.3 Å². The molecule has 4 heterocycles. The number of aryl methyl sites for hydroxylation is 1. The number of amidine groups is 1. The number of pyridine rings is 1. The van der Waals surface area contributed by atoms with Crippen LogP contribution in [0, 0.1) is 13.8 Å². The molecule has 4 rings (SSSR count). The Hall–Kier alpha value is -1.62. The van der Waals surface area contributed by atoms with Crippen LogP contribution in [-0.2, 0) is 0 Å². The molecule has 0 spiro atoms. The predicted molar refractivity (Wildman–Crippen MR) is 86.8 cm³/mol. The number of hydrogen-bond acceptors (Lipinski definition) is 5. The molecule has 22 heavy (non-hydrogen) atoms. The molecule has 0 N–H and O–H groups in total. The Labute approximate surface area is 132 Å². The summed E-state index contributed by atoms with van der Waals surface area (Å²) < 4.78 is 6.14. The van der Waals surface area contributed by atoms with E-state index in [2.05, 4.69) is 30.7 Å². The maximum atomic E-state index is 6.14. The second kappa shape index (κ2) is 4.95. The largest absolute Gasteiger partial charge is 0.476 e. The Morgan fingerprint density at radius 1 is 1.18 bits per heavy atom. The van der Waals surface area contributed by atoms with Crippen molar-refractivity contribution >= 4 is 11.5 Å². The number of nitrogens with zero attached hydrogens (tertiary/aromatic N) is 4. The van der Waals surface area contributed by atoms with Crippen LogP contribution in [0.25, 0.3) is 0 Å². The monoisotopic (exact) mass is 300 g/mol. The van der Waals surface area contributed by atoms with E-state index in [1.54, 1.807) is 0 Å². The summed E-state index contributed by atoms with van der Waals surface area (Å²) in [6, 6.07) is 0.481. The highest BCUT2D eigenvalue weighted by molar-refractivity contribution is 5.86. The van der Waals surface area contributed by atoms with E-state index in [1.807, 2.05) is 6.92 Å². The van der Waals surface area contributed by atoms with Gasteiger partial charge in [-0.05, 0) is 39.2 Å². The number of piperidine rings is 1. The van der Waals surface area contributed by atoms with E-state index in [-0.39, 0.29) is 6.17 Å². The molecular formula is C17H24N4O. The van der Waals surface area contributed by atoms with Crippen LogP contribution in [-0.4, -0.2) is 46.9 Å². The molecule has 1 saturated heterocycles. The molecule has 118 valence electrons. The van der Waals surface area contributed by atoms with Crippen LogP contribution >= 0.6 is 0 Å². The van der Waals surface area contributed by atoms with Gasteiger partial charge in [0.2, 0.25) is 5.88 Å². The number of rotatable bonds is 0. The van der Waals surface area contributed by atoms with E-state index >= 15 is 0 Å². The zero-order valence-electron chi connectivity index (χ0n) is 13.9. The molecule has 3 aliphatic heterocycles. The summed E-state index contributed by atoms with van der Waals surface area (Å²) in [5, 5.41) is 0. The van der Waals surface area contributed by atoms with Gasteiger partial charge in [-0.2, -0.15) is 0 Å². The minimum atomic E-state index is 0.210. The van der Waals surface area contributed by atoms with E-state index in [0.29, 0.717) is 6.04 Å². The Bertz CT molecular complexity index is 655. The standard InChI is InChI=1S/C17H24N4O/c1-10-11(2)18-16-14-15(10)19-12(3)20(4)17(14)21-8-6-5-7-13(21)9-22-16/h13,17H,5-9H2,1-4H3/t13-,17?/m0/s1. The predicted octanol–water partition coefficient (Wildman–Crippen LogP) is 2.94. The quantitative estimate of drug-likeness (QED) is 0.738. The van der Waals surface area contributed by atoms with Gasteiger partial charge in [-0.25, -0.2) is 9.98 Å². The van der Waals surface area contributed by atoms with Crippen molar-refractivity contribution in [2.45, 2.75) is 52.2 Å². The molecule has 0 aromatic carbocycles. The molecule has 5 nitrogen and oxygen atoms in total. The Morgan fingerprint density at radius 3 is 2.82 bits per heavy atom. The Morgan fingerprint density at radius 2 is 2.00 bits per heavy atom. The number of fused-ring (bicyclic) bond motifs is 2. The van der Waals surface area contributed by atoms with Gasteiger partial charge in [0.05, 0.1) is 11.3 Å². The molecule has 0 radical (unpaired) electrons. The van der Waals surface area contributed by atoms with Gasteiger partial charge in [0.25, 0.3) is 0 Å². The summed E-state index contributed by atoms with van der Waals surface area (Å²) in [5.41, 5.74) is 4.44. The first-order valence-electron chi connectivity index (χ1n) is 8.25. The summed E-state index contributed by atoms with van der Waals surface area (Å²) in [4.78, 5) is 14.5. The third-order valence-electron chi connectivity index (χ3n) is 5.46. The van der Waals surface area contributed by atoms with Crippen LogP contribution in [0.15, 0.2) is 4.99 Å². The SMILES string of the molecule is CC1=Nc2c(C)c(C)nc3c2C(N1C)N1CCCC[C@H]1CO3. The average Bonchev–Trinajstić information content (AvgIpc) is 2.67. The molecule has 0 aliphatic carbocycles. The van der Waals surface area contributed by atoms with E-state index in [4.69, 9.17) is 14.7 Å². The molecule has 0 bridgehead atoms. The fraction of sp³-hybridized carbons (Fsp3) is 0.647. The highest BCUT2D eigenvalue weighted by atomic mass is 16.5. The maximum absolute atomic E-state index is 6.14. The van der Waals surface area contributed by atoms with Gasteiger partial charge in [-0.3, -0.25) is 4.90 Å². The number of hydrogen-bond donors (Lipinski definition) is 0. The molecule has 1 unspecified atom stereocenters. The average molecular weight is 300 g/mol. The van der Waals surface area contributed by atoms with Gasteiger partial charge in [-0.1, -0.05) is 6.42 Å². The van der Waals surface area contributed by atoms with Crippen molar-refractivity contribution in [3.8, 4) is 5.88 Å². The minimum Gasteiger partial charge on any atom is -0.476 e. The lowest BCUT2D eigenvalue weighted by Gasteiger charge is -2.45. The first-order chi connectivity index (χ1) is 10.6. The smallest absolute Gasteiger partial charge is 0.222 e. The zero-order valence-corrected chi connectivity index (χ0v) is 13.9. The third kappa shape index (κ3) is 1.88. The van der Waals surface area contributed by atoms with Gasteiger partial charge >= 0.3 is 0 Å². The van der Waals surface area contributed by atoms with Gasteiger partial charge in [0.1, 0.15) is 18.6 Å². The molecule has 2 atom stereocenters. The normalized spacial score (nSPS) is 27.5. The summed E-state index contributed by atoms with van der Waals surface area (Å²) in [6.07, 6.45) is 3.98. The van der Waals surface area contributed by atoms with E-state index in [9.17, 15) is 0 Å². The van der Waals surface area contributed by atoms with Crippen LogP contribution in [0.3, 0.4) is 0 Å². The molecular weight excluding hydrogens is 276 g/mol. The first kappa shape index (κ1) is 14.0. The molecule has 3 aliphatic rings. The van der Waals surface area contributed by atoms with Crippen molar-refractivity contribution in [1.29, 1.82) is 0 Å². The van der Waals surface area contributed by atoms with E-state index < -0.39 is 0 Å². The van der Waals surface area contributed by atoms with Gasteiger partial charge < -0.3 is 9.64 Å². The van der Waals surface area contributed by atoms with Gasteiger partial charge in [-0.15, -0.1) is 0 Å². The first-order valence-corrected chi connectivity index (χ1v) is 8.25. The van der Waals surface area contributed by atoms with Crippen molar-refractivity contribution in [3.05, 3.63) is 16.8 Å². The minimum absolute atomic E-state index is 0.210. The number of aromatic nitrogens is 1. The fourth-order valence-corrected chi connectivity index (χ4v) is 3.96. The highest BCUT2D eigenvalue weighted by Gasteiger charge is 2.41. The van der Waals surface area contributed by atoms with Crippen LogP contribution in [0.5, 0.6) is 5.88 Å². The van der Waals surface area contributed by atoms with Crippen molar-refractivity contribution < 1.29 is 4.74 Å². The summed E-state index contributed by atoms with van der Waals surface area (Å²) in [7, 11) is 2.14. The van der Waals surface area contributed by atoms with E-state index in [0.717, 1.165) is 36.2 Å². The molecule has 5 heteroatoms. The van der Waals surface area contributed by atoms with E-state index in [1.165, 1.54) is 30.4 Å². The number of aliphatic imine (C=N–C) groups is 1. The zero-order chi connectivity index (χ0) is 15.4. The lowest BCUT2D eigenvalue weighted by Crippen LogP contribution is -2.50. The Balaban J connectivity index is 1.95. The number of ether oxygens (including phenoxy) is 1. The second-order valence-corrected chi connectivity index (χ2v) is 6.73. The Kier molecular flexibility index (Phi) is 3.15. The maximum Gasteiger partial charge on any atom is 0.222 e. The molecule has 1 aromatic heterocycles. The molecule has 1 fully saturated rings. The lowest BCUT2D eigenvalue weighted by molar-refractivity contribution is 0.0265. The molecule has 0 amide bonds. The molecule has 0 saturated carbocycles. The third-order valence-corrected chi connectivity index (χ3v) is 5.46.